The Bertz CT molecular complexity index is 245. The van der Waals surface area contributed by atoms with E-state index in [0.29, 0.717) is 6.04 Å². The molecule has 100 valence electrons. The third kappa shape index (κ3) is 4.21. The van der Waals surface area contributed by atoms with Gasteiger partial charge in [0.2, 0.25) is 0 Å². The highest BCUT2D eigenvalue weighted by Crippen LogP contribution is 2.23. The molecule has 1 aliphatic carbocycles. The van der Waals surface area contributed by atoms with Crippen LogP contribution >= 0.6 is 0 Å². The fourth-order valence-corrected chi connectivity index (χ4v) is 2.61. The molecule has 4 heteroatoms. The van der Waals surface area contributed by atoms with Crippen LogP contribution in [0.15, 0.2) is 0 Å². The van der Waals surface area contributed by atoms with E-state index in [1.54, 1.807) is 0 Å². The molecular formula is C13H27N3O. The number of hydrogen-bond donors (Lipinski definition) is 2. The van der Waals surface area contributed by atoms with Crippen LogP contribution in [0.4, 0.5) is 0 Å². The maximum atomic E-state index is 9.62. The highest BCUT2D eigenvalue weighted by Gasteiger charge is 2.33. The van der Waals surface area contributed by atoms with Crippen LogP contribution in [0.5, 0.6) is 0 Å². The second-order valence-corrected chi connectivity index (χ2v) is 6.07. The Morgan fingerprint density at radius 2 is 2.00 bits per heavy atom. The van der Waals surface area contributed by atoms with Crippen LogP contribution in [-0.4, -0.2) is 72.9 Å². The van der Waals surface area contributed by atoms with Gasteiger partial charge in [-0.2, -0.15) is 0 Å². The first-order valence-electron chi connectivity index (χ1n) is 6.91. The van der Waals surface area contributed by atoms with Crippen molar-refractivity contribution in [3.8, 4) is 0 Å². The zero-order valence-corrected chi connectivity index (χ0v) is 11.3. The average molecular weight is 241 g/mol. The number of aliphatic hydroxyl groups is 1. The minimum atomic E-state index is -0.121. The summed E-state index contributed by atoms with van der Waals surface area (Å²) in [5, 5.41) is 13.2. The minimum absolute atomic E-state index is 0.121. The smallest absolute Gasteiger partial charge is 0.0623 e. The van der Waals surface area contributed by atoms with Gasteiger partial charge in [0.1, 0.15) is 0 Å². The first-order valence-corrected chi connectivity index (χ1v) is 6.91. The predicted molar refractivity (Wildman–Crippen MR) is 70.2 cm³/mol. The van der Waals surface area contributed by atoms with E-state index in [1.807, 2.05) is 0 Å². The summed E-state index contributed by atoms with van der Waals surface area (Å²) >= 11 is 0. The van der Waals surface area contributed by atoms with Crippen molar-refractivity contribution in [1.29, 1.82) is 0 Å². The molecule has 1 saturated heterocycles. The van der Waals surface area contributed by atoms with Crippen LogP contribution in [0.25, 0.3) is 0 Å². The van der Waals surface area contributed by atoms with Crippen molar-refractivity contribution in [1.82, 2.24) is 15.1 Å². The molecule has 1 saturated carbocycles. The van der Waals surface area contributed by atoms with Crippen molar-refractivity contribution in [2.24, 2.45) is 0 Å². The van der Waals surface area contributed by atoms with Gasteiger partial charge < -0.3 is 20.2 Å². The molecule has 17 heavy (non-hydrogen) atoms. The fraction of sp³-hybridized carbons (Fsp3) is 1.00. The summed E-state index contributed by atoms with van der Waals surface area (Å²) in [6.07, 6.45) is 3.79. The van der Waals surface area contributed by atoms with Gasteiger partial charge in [0, 0.05) is 25.7 Å². The van der Waals surface area contributed by atoms with E-state index < -0.39 is 0 Å². The SMILES string of the molecule is CN1CCCN(CC(C)(CO)NC2CC2)CC1. The zero-order valence-electron chi connectivity index (χ0n) is 11.3. The topological polar surface area (TPSA) is 38.7 Å². The summed E-state index contributed by atoms with van der Waals surface area (Å²) in [6.45, 7) is 7.97. The first-order chi connectivity index (χ1) is 8.11. The molecule has 0 aromatic heterocycles. The van der Waals surface area contributed by atoms with Gasteiger partial charge in [-0.05, 0) is 46.3 Å². The van der Waals surface area contributed by atoms with Crippen LogP contribution in [-0.2, 0) is 0 Å². The summed E-state index contributed by atoms with van der Waals surface area (Å²) in [6, 6.07) is 0.654. The second-order valence-electron chi connectivity index (χ2n) is 6.07. The van der Waals surface area contributed by atoms with E-state index in [0.717, 1.165) is 26.2 Å². The standard InChI is InChI=1S/C13H27N3O/c1-13(11-17,14-12-4-5-12)10-16-7-3-6-15(2)8-9-16/h12,14,17H,3-11H2,1-2H3. The van der Waals surface area contributed by atoms with Crippen LogP contribution < -0.4 is 5.32 Å². The van der Waals surface area contributed by atoms with Gasteiger partial charge in [-0.1, -0.05) is 0 Å². The Hall–Kier alpha value is -0.160. The number of hydrogen-bond acceptors (Lipinski definition) is 4. The number of likely N-dealkylation sites (N-methyl/N-ethyl adjacent to an activating group) is 1. The van der Waals surface area contributed by atoms with Gasteiger partial charge in [0.15, 0.2) is 0 Å². The first kappa shape index (κ1) is 13.3. The molecule has 2 aliphatic rings. The Balaban J connectivity index is 1.83. The lowest BCUT2D eigenvalue weighted by atomic mass is 10.0. The highest BCUT2D eigenvalue weighted by molar-refractivity contribution is 4.94. The van der Waals surface area contributed by atoms with E-state index in [1.165, 1.54) is 25.8 Å². The quantitative estimate of drug-likeness (QED) is 0.717. The maximum Gasteiger partial charge on any atom is 0.0623 e. The number of nitrogens with one attached hydrogen (secondary N) is 1. The molecule has 1 unspecified atom stereocenters. The van der Waals surface area contributed by atoms with Crippen molar-refractivity contribution in [3.05, 3.63) is 0 Å². The van der Waals surface area contributed by atoms with E-state index >= 15 is 0 Å². The van der Waals surface area contributed by atoms with Gasteiger partial charge in [-0.15, -0.1) is 0 Å². The zero-order chi connectivity index (χ0) is 12.3. The molecule has 1 atom stereocenters. The van der Waals surface area contributed by atoms with Crippen molar-refractivity contribution in [3.63, 3.8) is 0 Å². The lowest BCUT2D eigenvalue weighted by Gasteiger charge is -2.34. The molecule has 4 nitrogen and oxygen atoms in total. The van der Waals surface area contributed by atoms with Gasteiger partial charge in [-0.3, -0.25) is 0 Å². The summed E-state index contributed by atoms with van der Waals surface area (Å²) in [5.41, 5.74) is -0.121. The van der Waals surface area contributed by atoms with Crippen LogP contribution in [0.1, 0.15) is 26.2 Å². The van der Waals surface area contributed by atoms with E-state index in [4.69, 9.17) is 0 Å². The normalized spacial score (nSPS) is 27.7. The minimum Gasteiger partial charge on any atom is -0.394 e. The molecule has 2 N–H and O–H groups in total. The number of nitrogens with zero attached hydrogens (tertiary/aromatic N) is 2. The Kier molecular flexibility index (Phi) is 4.42. The molecule has 0 spiro atoms. The predicted octanol–water partition coefficient (Wildman–Crippen LogP) is 0.127. The number of rotatable bonds is 5. The van der Waals surface area contributed by atoms with E-state index in [-0.39, 0.29) is 12.1 Å². The summed E-state index contributed by atoms with van der Waals surface area (Å²) in [5.74, 6) is 0. The Morgan fingerprint density at radius 3 is 2.65 bits per heavy atom. The molecule has 0 aromatic carbocycles. The third-order valence-corrected chi connectivity index (χ3v) is 3.86. The largest absolute Gasteiger partial charge is 0.394 e. The van der Waals surface area contributed by atoms with Gasteiger partial charge in [-0.25, -0.2) is 0 Å². The van der Waals surface area contributed by atoms with E-state index in [2.05, 4.69) is 29.1 Å². The molecule has 0 aromatic rings. The highest BCUT2D eigenvalue weighted by atomic mass is 16.3. The maximum absolute atomic E-state index is 9.62. The molecule has 2 rings (SSSR count). The van der Waals surface area contributed by atoms with Crippen LogP contribution in [0.2, 0.25) is 0 Å². The van der Waals surface area contributed by atoms with Crippen molar-refractivity contribution in [2.45, 2.75) is 37.8 Å². The van der Waals surface area contributed by atoms with Gasteiger partial charge in [0.25, 0.3) is 0 Å². The van der Waals surface area contributed by atoms with E-state index in [9.17, 15) is 5.11 Å². The molecule has 1 heterocycles. The number of aliphatic hydroxyl groups excluding tert-OH is 1. The Morgan fingerprint density at radius 1 is 1.24 bits per heavy atom. The van der Waals surface area contributed by atoms with Crippen molar-refractivity contribution >= 4 is 0 Å². The third-order valence-electron chi connectivity index (χ3n) is 3.86. The average Bonchev–Trinajstić information content (AvgIpc) is 3.09. The molecule has 1 aliphatic heterocycles. The molecule has 0 radical (unpaired) electrons. The van der Waals surface area contributed by atoms with Crippen molar-refractivity contribution in [2.75, 3.05) is 46.4 Å². The molecule has 2 fully saturated rings. The lowest BCUT2D eigenvalue weighted by molar-refractivity contribution is 0.120. The van der Waals surface area contributed by atoms with Gasteiger partial charge in [0.05, 0.1) is 12.1 Å². The summed E-state index contributed by atoms with van der Waals surface area (Å²) < 4.78 is 0. The van der Waals surface area contributed by atoms with Gasteiger partial charge >= 0.3 is 0 Å². The monoisotopic (exact) mass is 241 g/mol. The second kappa shape index (κ2) is 5.65. The van der Waals surface area contributed by atoms with Crippen LogP contribution in [0.3, 0.4) is 0 Å². The fourth-order valence-electron chi connectivity index (χ4n) is 2.61. The van der Waals surface area contributed by atoms with Crippen LogP contribution in [0, 0.1) is 0 Å². The Labute approximate surface area is 105 Å². The van der Waals surface area contributed by atoms with Crippen molar-refractivity contribution < 1.29 is 5.11 Å². The summed E-state index contributed by atoms with van der Waals surface area (Å²) in [4.78, 5) is 4.89. The molecule has 0 bridgehead atoms. The molecular weight excluding hydrogens is 214 g/mol. The summed E-state index contributed by atoms with van der Waals surface area (Å²) in [7, 11) is 2.19. The molecule has 0 amide bonds. The lowest BCUT2D eigenvalue weighted by Crippen LogP contribution is -2.55.